The standard InChI is InChI=1S/C14H20ClIN4O2/c1-14(2,3)22-13(21)18-9-4-6-20(7-5-9)11-10(16)8-17-12(15)19-11/h8-9H,4-7H2,1-3H3,(H,18,21). The number of anilines is 1. The number of nitrogens with zero attached hydrogens (tertiary/aromatic N) is 3. The maximum atomic E-state index is 11.8. The van der Waals surface area contributed by atoms with Gasteiger partial charge in [0.25, 0.3) is 0 Å². The molecule has 1 aromatic rings. The molecule has 0 spiro atoms. The van der Waals surface area contributed by atoms with E-state index in [0.29, 0.717) is 0 Å². The molecule has 0 bridgehead atoms. The Bertz CT molecular complexity index is 542. The van der Waals surface area contributed by atoms with Gasteiger partial charge in [-0.15, -0.1) is 0 Å². The zero-order valence-corrected chi connectivity index (χ0v) is 15.8. The fourth-order valence-corrected chi connectivity index (χ4v) is 3.00. The van der Waals surface area contributed by atoms with Crippen LogP contribution in [-0.4, -0.2) is 40.8 Å². The second-order valence-corrected chi connectivity index (χ2v) is 7.72. The Labute approximate surface area is 149 Å². The summed E-state index contributed by atoms with van der Waals surface area (Å²) in [6.07, 6.45) is 3.05. The monoisotopic (exact) mass is 438 g/mol. The van der Waals surface area contributed by atoms with Crippen LogP contribution in [0.3, 0.4) is 0 Å². The van der Waals surface area contributed by atoms with Gasteiger partial charge in [0.2, 0.25) is 5.28 Å². The van der Waals surface area contributed by atoms with Crippen LogP contribution in [0.2, 0.25) is 5.28 Å². The number of amides is 1. The van der Waals surface area contributed by atoms with E-state index in [9.17, 15) is 4.79 Å². The zero-order valence-electron chi connectivity index (χ0n) is 12.9. The average molecular weight is 439 g/mol. The van der Waals surface area contributed by atoms with Gasteiger partial charge in [-0.2, -0.15) is 4.98 Å². The number of carbonyl (C=O) groups is 1. The Hall–Kier alpha value is -0.830. The smallest absolute Gasteiger partial charge is 0.407 e. The van der Waals surface area contributed by atoms with Crippen LogP contribution in [0, 0.1) is 3.57 Å². The van der Waals surface area contributed by atoms with Crippen LogP contribution in [0.5, 0.6) is 0 Å². The summed E-state index contributed by atoms with van der Waals surface area (Å²) < 4.78 is 6.26. The minimum Gasteiger partial charge on any atom is -0.444 e. The van der Waals surface area contributed by atoms with E-state index in [1.165, 1.54) is 0 Å². The highest BCUT2D eigenvalue weighted by atomic mass is 127. The van der Waals surface area contributed by atoms with Gasteiger partial charge in [0.15, 0.2) is 0 Å². The van der Waals surface area contributed by atoms with Crippen molar-refractivity contribution in [2.45, 2.75) is 45.3 Å². The van der Waals surface area contributed by atoms with Crippen LogP contribution in [0.25, 0.3) is 0 Å². The molecule has 1 fully saturated rings. The molecule has 2 heterocycles. The largest absolute Gasteiger partial charge is 0.444 e. The molecule has 1 amide bonds. The van der Waals surface area contributed by atoms with Crippen LogP contribution >= 0.6 is 34.2 Å². The number of piperidine rings is 1. The summed E-state index contributed by atoms with van der Waals surface area (Å²) in [5.74, 6) is 0.858. The molecule has 0 saturated carbocycles. The molecule has 2 rings (SSSR count). The molecule has 0 atom stereocenters. The molecule has 1 saturated heterocycles. The molecule has 0 aromatic carbocycles. The lowest BCUT2D eigenvalue weighted by atomic mass is 10.1. The Morgan fingerprint density at radius 1 is 1.45 bits per heavy atom. The van der Waals surface area contributed by atoms with E-state index in [0.717, 1.165) is 35.3 Å². The van der Waals surface area contributed by atoms with Crippen molar-refractivity contribution >= 4 is 46.1 Å². The number of nitrogens with one attached hydrogen (secondary N) is 1. The normalized spacial score (nSPS) is 16.5. The lowest BCUT2D eigenvalue weighted by Gasteiger charge is -2.33. The molecule has 8 heteroatoms. The van der Waals surface area contributed by atoms with E-state index in [1.807, 2.05) is 20.8 Å². The minimum absolute atomic E-state index is 0.126. The van der Waals surface area contributed by atoms with Gasteiger partial charge in [-0.3, -0.25) is 0 Å². The van der Waals surface area contributed by atoms with Gasteiger partial charge >= 0.3 is 6.09 Å². The highest BCUT2D eigenvalue weighted by Gasteiger charge is 2.25. The van der Waals surface area contributed by atoms with E-state index >= 15 is 0 Å². The lowest BCUT2D eigenvalue weighted by molar-refractivity contribution is 0.0497. The van der Waals surface area contributed by atoms with Gasteiger partial charge in [-0.1, -0.05) is 0 Å². The van der Waals surface area contributed by atoms with Crippen LogP contribution in [0.4, 0.5) is 10.6 Å². The van der Waals surface area contributed by atoms with Crippen LogP contribution in [-0.2, 0) is 4.74 Å². The zero-order chi connectivity index (χ0) is 16.3. The Morgan fingerprint density at radius 2 is 2.09 bits per heavy atom. The Kier molecular flexibility index (Phi) is 5.70. The highest BCUT2D eigenvalue weighted by molar-refractivity contribution is 14.1. The van der Waals surface area contributed by atoms with E-state index in [2.05, 4.69) is 42.8 Å². The third-order valence-corrected chi connectivity index (χ3v) is 4.15. The molecular formula is C14H20ClIN4O2. The average Bonchev–Trinajstić information content (AvgIpc) is 2.40. The third-order valence-electron chi connectivity index (χ3n) is 3.21. The maximum Gasteiger partial charge on any atom is 0.407 e. The topological polar surface area (TPSA) is 67.3 Å². The number of ether oxygens (including phenoxy) is 1. The summed E-state index contributed by atoms with van der Waals surface area (Å²) >= 11 is 8.07. The number of halogens is 2. The quantitative estimate of drug-likeness (QED) is 0.567. The van der Waals surface area contributed by atoms with Crippen molar-refractivity contribution in [2.24, 2.45) is 0 Å². The number of aromatic nitrogens is 2. The first-order valence-corrected chi connectivity index (χ1v) is 8.63. The molecule has 1 aromatic heterocycles. The predicted molar refractivity (Wildman–Crippen MR) is 94.4 cm³/mol. The van der Waals surface area contributed by atoms with E-state index < -0.39 is 5.60 Å². The SMILES string of the molecule is CC(C)(C)OC(=O)NC1CCN(c2nc(Cl)ncc2I)CC1. The van der Waals surface area contributed by atoms with Crippen LogP contribution in [0.1, 0.15) is 33.6 Å². The van der Waals surface area contributed by atoms with Crippen molar-refractivity contribution in [3.8, 4) is 0 Å². The molecule has 122 valence electrons. The van der Waals surface area contributed by atoms with Gasteiger partial charge in [-0.05, 0) is 67.8 Å². The molecule has 0 unspecified atom stereocenters. The number of carbonyl (C=O) groups excluding carboxylic acids is 1. The number of hydrogen-bond donors (Lipinski definition) is 1. The van der Waals surface area contributed by atoms with Crippen LogP contribution < -0.4 is 10.2 Å². The number of hydrogen-bond acceptors (Lipinski definition) is 5. The first-order chi connectivity index (χ1) is 10.2. The molecular weight excluding hydrogens is 419 g/mol. The summed E-state index contributed by atoms with van der Waals surface area (Å²) in [5, 5.41) is 3.18. The molecule has 0 aliphatic carbocycles. The Morgan fingerprint density at radius 3 is 2.68 bits per heavy atom. The summed E-state index contributed by atoms with van der Waals surface area (Å²) in [4.78, 5) is 22.2. The molecule has 1 N–H and O–H groups in total. The fraction of sp³-hybridized carbons (Fsp3) is 0.643. The van der Waals surface area contributed by atoms with Crippen molar-refractivity contribution < 1.29 is 9.53 Å². The van der Waals surface area contributed by atoms with E-state index in [4.69, 9.17) is 16.3 Å². The lowest BCUT2D eigenvalue weighted by Crippen LogP contribution is -2.46. The minimum atomic E-state index is -0.474. The van der Waals surface area contributed by atoms with Crippen molar-refractivity contribution in [1.29, 1.82) is 0 Å². The fourth-order valence-electron chi connectivity index (χ4n) is 2.27. The summed E-state index contributed by atoms with van der Waals surface area (Å²) in [7, 11) is 0. The van der Waals surface area contributed by atoms with Gasteiger partial charge in [-0.25, -0.2) is 9.78 Å². The summed E-state index contributed by atoms with van der Waals surface area (Å²) in [6.45, 7) is 7.19. The second kappa shape index (κ2) is 7.16. The first kappa shape index (κ1) is 17.5. The van der Waals surface area contributed by atoms with Crippen LogP contribution in [0.15, 0.2) is 6.20 Å². The van der Waals surface area contributed by atoms with Gasteiger partial charge in [0, 0.05) is 25.3 Å². The second-order valence-electron chi connectivity index (χ2n) is 6.22. The van der Waals surface area contributed by atoms with Crippen molar-refractivity contribution in [3.63, 3.8) is 0 Å². The first-order valence-electron chi connectivity index (χ1n) is 7.17. The van der Waals surface area contributed by atoms with Gasteiger partial charge < -0.3 is 15.0 Å². The summed E-state index contributed by atoms with van der Waals surface area (Å²) in [5.41, 5.74) is -0.474. The maximum absolute atomic E-state index is 11.8. The van der Waals surface area contributed by atoms with E-state index in [1.54, 1.807) is 6.20 Å². The van der Waals surface area contributed by atoms with E-state index in [-0.39, 0.29) is 17.4 Å². The molecule has 1 aliphatic heterocycles. The third kappa shape index (κ3) is 5.12. The highest BCUT2D eigenvalue weighted by Crippen LogP contribution is 2.24. The Balaban J connectivity index is 1.88. The van der Waals surface area contributed by atoms with Crippen molar-refractivity contribution in [2.75, 3.05) is 18.0 Å². The molecule has 0 radical (unpaired) electrons. The van der Waals surface area contributed by atoms with Crippen molar-refractivity contribution in [3.05, 3.63) is 15.1 Å². The van der Waals surface area contributed by atoms with Gasteiger partial charge in [0.05, 0.1) is 3.57 Å². The summed E-state index contributed by atoms with van der Waals surface area (Å²) in [6, 6.07) is 0.126. The van der Waals surface area contributed by atoms with Crippen molar-refractivity contribution in [1.82, 2.24) is 15.3 Å². The number of rotatable bonds is 2. The number of alkyl carbamates (subject to hydrolysis) is 1. The molecule has 1 aliphatic rings. The molecule has 22 heavy (non-hydrogen) atoms. The van der Waals surface area contributed by atoms with Gasteiger partial charge in [0.1, 0.15) is 11.4 Å². The molecule has 6 nitrogen and oxygen atoms in total. The predicted octanol–water partition coefficient (Wildman–Crippen LogP) is 3.23.